The molecule has 4 nitrogen and oxygen atoms in total. The van der Waals surface area contributed by atoms with Crippen LogP contribution in [0.3, 0.4) is 0 Å². The lowest BCUT2D eigenvalue weighted by Gasteiger charge is -1.96. The maximum atomic E-state index is 10.5. The smallest absolute Gasteiger partial charge is 0.282 e. The molecule has 0 rings (SSSR count). The van der Waals surface area contributed by atoms with Crippen LogP contribution >= 0.6 is 0 Å². The predicted molar refractivity (Wildman–Crippen MR) is 32.0 cm³/mol. The van der Waals surface area contributed by atoms with Crippen LogP contribution in [0.25, 0.3) is 0 Å². The van der Waals surface area contributed by atoms with Crippen molar-refractivity contribution in [3.8, 4) is 0 Å². The fraction of sp³-hybridized carbons (Fsp3) is 0.400. The molecule has 0 radical (unpaired) electrons. The van der Waals surface area contributed by atoms with E-state index in [-0.39, 0.29) is 5.57 Å². The molecule has 9 heavy (non-hydrogen) atoms. The van der Waals surface area contributed by atoms with Gasteiger partial charge in [0.25, 0.3) is 11.9 Å². The minimum absolute atomic E-state index is 0.0856. The topological polar surface area (TPSA) is 69.6 Å². The normalized spacial score (nSPS) is 8.22. The summed E-state index contributed by atoms with van der Waals surface area (Å²) in [6.07, 6.45) is 0. The number of hydrogen-bond acceptors (Lipinski definition) is 3. The first-order valence-corrected chi connectivity index (χ1v) is 2.40. The van der Waals surface area contributed by atoms with Gasteiger partial charge in [0.1, 0.15) is 0 Å². The van der Waals surface area contributed by atoms with E-state index in [1.54, 1.807) is 0 Å². The maximum Gasteiger partial charge on any atom is 0.282 e. The molecule has 0 aliphatic heterocycles. The predicted octanol–water partition coefficient (Wildman–Crippen LogP) is 0.0799. The number of aliphatic hydroxyl groups excluding tert-OH is 1. The fourth-order valence-corrected chi connectivity index (χ4v) is 0.289. The van der Waals surface area contributed by atoms with Gasteiger partial charge >= 0.3 is 0 Å². The second kappa shape index (κ2) is 2.96. The van der Waals surface area contributed by atoms with Gasteiger partial charge in [-0.1, -0.05) is 0 Å². The summed E-state index contributed by atoms with van der Waals surface area (Å²) in [6, 6.07) is 0. The van der Waals surface area contributed by atoms with Crippen LogP contribution in [-0.2, 0) is 4.79 Å². The maximum absolute atomic E-state index is 10.5. The van der Waals surface area contributed by atoms with Crippen LogP contribution in [-0.4, -0.2) is 23.2 Å². The Balaban J connectivity index is 4.21. The minimum atomic E-state index is -0.936. The van der Waals surface area contributed by atoms with Crippen molar-refractivity contribution in [1.29, 1.82) is 0 Å². The Morgan fingerprint density at radius 1 is 1.44 bits per heavy atom. The lowest BCUT2D eigenvalue weighted by molar-refractivity contribution is -0.117. The molecule has 0 saturated heterocycles. The van der Waals surface area contributed by atoms with E-state index in [9.17, 15) is 4.79 Å². The second-order valence-electron chi connectivity index (χ2n) is 1.53. The Morgan fingerprint density at radius 2 is 1.89 bits per heavy atom. The van der Waals surface area contributed by atoms with Crippen LogP contribution in [0.2, 0.25) is 0 Å². The summed E-state index contributed by atoms with van der Waals surface area (Å²) < 4.78 is 0. The highest BCUT2D eigenvalue weighted by molar-refractivity contribution is 5.92. The van der Waals surface area contributed by atoms with E-state index in [2.05, 4.69) is 5.32 Å². The molecule has 0 aliphatic rings. The van der Waals surface area contributed by atoms with Crippen LogP contribution < -0.4 is 5.32 Å². The molecule has 0 aliphatic carbocycles. The molecule has 0 aromatic heterocycles. The van der Waals surface area contributed by atoms with Crippen molar-refractivity contribution in [1.82, 2.24) is 5.32 Å². The minimum Gasteiger partial charge on any atom is -0.481 e. The second-order valence-corrected chi connectivity index (χ2v) is 1.53. The first kappa shape index (κ1) is 7.81. The van der Waals surface area contributed by atoms with Crippen LogP contribution in [0.1, 0.15) is 6.92 Å². The zero-order chi connectivity index (χ0) is 7.44. The molecule has 3 N–H and O–H groups in total. The first-order chi connectivity index (χ1) is 4.09. The van der Waals surface area contributed by atoms with Crippen LogP contribution in [0.15, 0.2) is 11.5 Å². The lowest BCUT2D eigenvalue weighted by atomic mass is 10.3. The van der Waals surface area contributed by atoms with Gasteiger partial charge in [-0.15, -0.1) is 0 Å². The van der Waals surface area contributed by atoms with Gasteiger partial charge in [0.2, 0.25) is 0 Å². The van der Waals surface area contributed by atoms with E-state index < -0.39 is 11.9 Å². The Labute approximate surface area is 52.8 Å². The van der Waals surface area contributed by atoms with Gasteiger partial charge in [-0.3, -0.25) is 4.79 Å². The Bertz CT molecular complexity index is 146. The number of carbonyl (C=O) groups excluding carboxylic acids is 1. The number of amides is 1. The van der Waals surface area contributed by atoms with Crippen LogP contribution in [0.5, 0.6) is 0 Å². The summed E-state index contributed by atoms with van der Waals surface area (Å²) in [4.78, 5) is 10.5. The van der Waals surface area contributed by atoms with Crippen molar-refractivity contribution >= 4 is 5.91 Å². The molecule has 0 unspecified atom stereocenters. The van der Waals surface area contributed by atoms with Gasteiger partial charge in [0, 0.05) is 7.05 Å². The van der Waals surface area contributed by atoms with Gasteiger partial charge in [0.05, 0.1) is 5.57 Å². The highest BCUT2D eigenvalue weighted by atomic mass is 16.5. The van der Waals surface area contributed by atoms with Crippen molar-refractivity contribution in [2.75, 3.05) is 7.05 Å². The summed E-state index contributed by atoms with van der Waals surface area (Å²) in [5.74, 6) is -1.43. The van der Waals surface area contributed by atoms with E-state index in [1.807, 2.05) is 0 Å². The molecular formula is C5H9NO3. The molecule has 0 aromatic carbocycles. The third-order valence-electron chi connectivity index (χ3n) is 0.903. The molecule has 0 atom stereocenters. The zero-order valence-electron chi connectivity index (χ0n) is 5.30. The average Bonchev–Trinajstić information content (AvgIpc) is 1.84. The summed E-state index contributed by atoms with van der Waals surface area (Å²) >= 11 is 0. The highest BCUT2D eigenvalue weighted by Crippen LogP contribution is 1.94. The number of aliphatic hydroxyl groups is 2. The monoisotopic (exact) mass is 131 g/mol. The van der Waals surface area contributed by atoms with Crippen molar-refractivity contribution in [2.24, 2.45) is 0 Å². The Kier molecular flexibility index (Phi) is 2.57. The first-order valence-electron chi connectivity index (χ1n) is 2.40. The van der Waals surface area contributed by atoms with Crippen LogP contribution in [0, 0.1) is 0 Å². The molecule has 0 fully saturated rings. The molecule has 4 heteroatoms. The third kappa shape index (κ3) is 2.03. The number of rotatable bonds is 1. The van der Waals surface area contributed by atoms with Crippen molar-refractivity contribution in [3.63, 3.8) is 0 Å². The SMILES string of the molecule is CNC(=O)C(C)=C(O)O. The van der Waals surface area contributed by atoms with E-state index in [1.165, 1.54) is 14.0 Å². The summed E-state index contributed by atoms with van der Waals surface area (Å²) in [5, 5.41) is 18.8. The number of nitrogens with one attached hydrogen (secondary N) is 1. The molecule has 52 valence electrons. The van der Waals surface area contributed by atoms with E-state index in [4.69, 9.17) is 10.2 Å². The van der Waals surface area contributed by atoms with Gasteiger partial charge < -0.3 is 15.5 Å². The van der Waals surface area contributed by atoms with Gasteiger partial charge in [-0.25, -0.2) is 0 Å². The standard InChI is InChI=1S/C5H9NO3/c1-3(5(8)9)4(7)6-2/h8-9H,1-2H3,(H,6,7). The molecule has 0 saturated carbocycles. The summed E-state index contributed by atoms with van der Waals surface area (Å²) in [5.41, 5.74) is -0.0856. The molecule has 0 bridgehead atoms. The lowest BCUT2D eigenvalue weighted by Crippen LogP contribution is -2.19. The number of hydrogen-bond donors (Lipinski definition) is 3. The zero-order valence-corrected chi connectivity index (χ0v) is 5.30. The highest BCUT2D eigenvalue weighted by Gasteiger charge is 2.05. The average molecular weight is 131 g/mol. The number of likely N-dealkylation sites (N-methyl/N-ethyl adjacent to an activating group) is 1. The molecule has 0 heterocycles. The van der Waals surface area contributed by atoms with Gasteiger partial charge in [-0.2, -0.15) is 0 Å². The Hall–Kier alpha value is -1.19. The fourth-order valence-electron chi connectivity index (χ4n) is 0.289. The van der Waals surface area contributed by atoms with Gasteiger partial charge in [-0.05, 0) is 6.92 Å². The van der Waals surface area contributed by atoms with E-state index in [0.29, 0.717) is 0 Å². The van der Waals surface area contributed by atoms with E-state index in [0.717, 1.165) is 0 Å². The largest absolute Gasteiger partial charge is 0.481 e. The molecule has 0 aromatic rings. The van der Waals surface area contributed by atoms with Crippen molar-refractivity contribution in [2.45, 2.75) is 6.92 Å². The number of carbonyl (C=O) groups is 1. The Morgan fingerprint density at radius 3 is 2.00 bits per heavy atom. The molecule has 1 amide bonds. The molecule has 0 spiro atoms. The molecular weight excluding hydrogens is 122 g/mol. The van der Waals surface area contributed by atoms with Crippen LogP contribution in [0.4, 0.5) is 0 Å². The summed E-state index contributed by atoms with van der Waals surface area (Å²) in [6.45, 7) is 1.31. The van der Waals surface area contributed by atoms with Crippen molar-refractivity contribution in [3.05, 3.63) is 11.5 Å². The summed E-state index contributed by atoms with van der Waals surface area (Å²) in [7, 11) is 1.41. The van der Waals surface area contributed by atoms with Crippen molar-refractivity contribution < 1.29 is 15.0 Å². The third-order valence-corrected chi connectivity index (χ3v) is 0.903. The van der Waals surface area contributed by atoms with Gasteiger partial charge in [0.15, 0.2) is 0 Å². The quantitative estimate of drug-likeness (QED) is 0.348. The van der Waals surface area contributed by atoms with E-state index >= 15 is 0 Å².